The van der Waals surface area contributed by atoms with Gasteiger partial charge in [-0.25, -0.2) is 8.42 Å². The minimum absolute atomic E-state index is 0. The second-order valence-corrected chi connectivity index (χ2v) is 8.92. The number of methoxy groups -OCH3 is 2. The molecule has 2 unspecified atom stereocenters. The number of hydrogen-bond acceptors (Lipinski definition) is 5. The van der Waals surface area contributed by atoms with Crippen molar-refractivity contribution in [1.29, 1.82) is 0 Å². The fourth-order valence-electron chi connectivity index (χ4n) is 3.08. The highest BCUT2D eigenvalue weighted by Crippen LogP contribution is 2.29. The summed E-state index contributed by atoms with van der Waals surface area (Å²) in [6.45, 7) is 3.92. The van der Waals surface area contributed by atoms with Gasteiger partial charge in [0.1, 0.15) is 11.5 Å². The number of hydrogen-bond donors (Lipinski definition) is 2. The fraction of sp³-hybridized carbons (Fsp3) is 0.409. The Morgan fingerprint density at radius 1 is 1.06 bits per heavy atom. The fourth-order valence-corrected chi connectivity index (χ4v) is 4.69. The van der Waals surface area contributed by atoms with Crippen molar-refractivity contribution >= 4 is 39.8 Å². The molecule has 31 heavy (non-hydrogen) atoms. The van der Waals surface area contributed by atoms with Crippen LogP contribution >= 0.6 is 24.0 Å². The Morgan fingerprint density at radius 3 is 2.29 bits per heavy atom. The molecular formula is C22H32IN3O4S. The van der Waals surface area contributed by atoms with Gasteiger partial charge < -0.3 is 20.1 Å². The molecule has 0 amide bonds. The number of guanidine groups is 1. The largest absolute Gasteiger partial charge is 0.497 e. The third-order valence-corrected chi connectivity index (χ3v) is 6.67. The number of nitrogens with zero attached hydrogens (tertiary/aromatic N) is 1. The number of rotatable bonds is 9. The van der Waals surface area contributed by atoms with Gasteiger partial charge in [-0.3, -0.25) is 4.99 Å². The zero-order valence-corrected chi connectivity index (χ0v) is 21.7. The van der Waals surface area contributed by atoms with E-state index in [0.717, 1.165) is 17.1 Å². The van der Waals surface area contributed by atoms with Crippen LogP contribution in [-0.4, -0.2) is 47.4 Å². The molecule has 0 aliphatic heterocycles. The van der Waals surface area contributed by atoms with Crippen LogP contribution in [0.5, 0.6) is 11.5 Å². The van der Waals surface area contributed by atoms with Gasteiger partial charge in [0.15, 0.2) is 15.8 Å². The number of sulfone groups is 1. The summed E-state index contributed by atoms with van der Waals surface area (Å²) in [7, 11) is 1.48. The molecule has 0 radical (unpaired) electrons. The first-order valence-corrected chi connectivity index (χ1v) is 11.5. The summed E-state index contributed by atoms with van der Waals surface area (Å²) < 4.78 is 36.3. The van der Waals surface area contributed by atoms with Crippen molar-refractivity contribution in [3.05, 3.63) is 54.1 Å². The molecule has 9 heteroatoms. The number of aliphatic imine (C=N–C) groups is 1. The van der Waals surface area contributed by atoms with E-state index in [1.54, 1.807) is 51.6 Å². The van der Waals surface area contributed by atoms with Crippen LogP contribution < -0.4 is 20.1 Å². The van der Waals surface area contributed by atoms with Crippen LogP contribution in [0.25, 0.3) is 0 Å². The predicted molar refractivity (Wildman–Crippen MR) is 136 cm³/mol. The Bertz CT molecular complexity index is 952. The van der Waals surface area contributed by atoms with Crippen molar-refractivity contribution in [1.82, 2.24) is 10.6 Å². The summed E-state index contributed by atoms with van der Waals surface area (Å²) in [6.07, 6.45) is 0.629. The highest BCUT2D eigenvalue weighted by Gasteiger charge is 2.22. The second kappa shape index (κ2) is 12.7. The Labute approximate surface area is 202 Å². The molecular weight excluding hydrogens is 529 g/mol. The molecule has 7 nitrogen and oxygen atoms in total. The molecule has 172 valence electrons. The van der Waals surface area contributed by atoms with Crippen molar-refractivity contribution in [2.24, 2.45) is 4.99 Å². The van der Waals surface area contributed by atoms with E-state index in [4.69, 9.17) is 9.47 Å². The lowest BCUT2D eigenvalue weighted by Crippen LogP contribution is -2.46. The molecule has 0 aliphatic carbocycles. The smallest absolute Gasteiger partial charge is 0.191 e. The van der Waals surface area contributed by atoms with Crippen molar-refractivity contribution in [3.63, 3.8) is 0 Å². The molecule has 2 N–H and O–H groups in total. The highest BCUT2D eigenvalue weighted by molar-refractivity contribution is 14.0. The van der Waals surface area contributed by atoms with E-state index < -0.39 is 9.84 Å². The minimum Gasteiger partial charge on any atom is -0.497 e. The summed E-state index contributed by atoms with van der Waals surface area (Å²) in [5.41, 5.74) is 0.907. The molecule has 0 aliphatic rings. The van der Waals surface area contributed by atoms with Gasteiger partial charge in [0.05, 0.1) is 30.9 Å². The van der Waals surface area contributed by atoms with Crippen molar-refractivity contribution in [3.8, 4) is 11.5 Å². The van der Waals surface area contributed by atoms with Crippen LogP contribution in [0.2, 0.25) is 0 Å². The van der Waals surface area contributed by atoms with Crippen LogP contribution in [0.4, 0.5) is 0 Å². The zero-order chi connectivity index (χ0) is 22.1. The molecule has 2 rings (SSSR count). The molecule has 0 aromatic heterocycles. The maximum atomic E-state index is 12.7. The van der Waals surface area contributed by atoms with Gasteiger partial charge in [0, 0.05) is 18.7 Å². The first-order chi connectivity index (χ1) is 14.3. The minimum atomic E-state index is -3.41. The quantitative estimate of drug-likeness (QED) is 0.275. The lowest BCUT2D eigenvalue weighted by molar-refractivity contribution is 0.394. The molecule has 2 aromatic carbocycles. The average molecular weight is 561 g/mol. The standard InChI is InChI=1S/C22H31N3O4S.HI/c1-6-17(15-30(26,27)19-10-8-7-9-11-19)25-22(23-3)24-16(2)20-14-18(28-4)12-13-21(20)29-5;/h7-14,16-17H,6,15H2,1-5H3,(H2,23,24,25);1H. The van der Waals surface area contributed by atoms with Crippen LogP contribution in [0, 0.1) is 0 Å². The van der Waals surface area contributed by atoms with Crippen LogP contribution in [0.15, 0.2) is 58.4 Å². The molecule has 2 aromatic rings. The Kier molecular flexibility index (Phi) is 11.1. The lowest BCUT2D eigenvalue weighted by Gasteiger charge is -2.24. The number of benzene rings is 2. The third-order valence-electron chi connectivity index (χ3n) is 4.84. The van der Waals surface area contributed by atoms with Gasteiger partial charge >= 0.3 is 0 Å². The predicted octanol–water partition coefficient (Wildman–Crippen LogP) is 3.80. The maximum absolute atomic E-state index is 12.7. The van der Waals surface area contributed by atoms with E-state index in [2.05, 4.69) is 15.6 Å². The molecule has 0 bridgehead atoms. The van der Waals surface area contributed by atoms with Gasteiger partial charge in [-0.1, -0.05) is 25.1 Å². The van der Waals surface area contributed by atoms with Gasteiger partial charge in [0.25, 0.3) is 0 Å². The van der Waals surface area contributed by atoms with Crippen molar-refractivity contribution in [2.75, 3.05) is 27.0 Å². The lowest BCUT2D eigenvalue weighted by atomic mass is 10.1. The molecule has 0 fully saturated rings. The molecule has 0 spiro atoms. The van der Waals surface area contributed by atoms with Crippen molar-refractivity contribution < 1.29 is 17.9 Å². The van der Waals surface area contributed by atoms with Gasteiger partial charge in [0.2, 0.25) is 0 Å². The third kappa shape index (κ3) is 7.57. The summed E-state index contributed by atoms with van der Waals surface area (Å²) in [5.74, 6) is 1.95. The summed E-state index contributed by atoms with van der Waals surface area (Å²) in [5, 5.41) is 6.54. The van der Waals surface area contributed by atoms with Crippen molar-refractivity contribution in [2.45, 2.75) is 37.2 Å². The Morgan fingerprint density at radius 2 is 1.74 bits per heavy atom. The van der Waals surface area contributed by atoms with Crippen LogP contribution in [-0.2, 0) is 9.84 Å². The number of ether oxygens (including phenoxy) is 2. The molecule has 0 saturated heterocycles. The topological polar surface area (TPSA) is 89.0 Å². The van der Waals surface area contributed by atoms with Gasteiger partial charge in [-0.15, -0.1) is 24.0 Å². The Balaban J connectivity index is 0.00000480. The first-order valence-electron chi connectivity index (χ1n) is 9.84. The van der Waals surface area contributed by atoms with Gasteiger partial charge in [-0.2, -0.15) is 0 Å². The van der Waals surface area contributed by atoms with E-state index in [0.29, 0.717) is 17.3 Å². The molecule has 0 saturated carbocycles. The maximum Gasteiger partial charge on any atom is 0.191 e. The number of nitrogens with one attached hydrogen (secondary N) is 2. The second-order valence-electron chi connectivity index (χ2n) is 6.89. The van der Waals surface area contributed by atoms with E-state index in [1.807, 2.05) is 32.0 Å². The summed E-state index contributed by atoms with van der Waals surface area (Å²) >= 11 is 0. The highest BCUT2D eigenvalue weighted by atomic mass is 127. The molecule has 0 heterocycles. The number of halogens is 1. The summed E-state index contributed by atoms with van der Waals surface area (Å²) in [4.78, 5) is 4.59. The van der Waals surface area contributed by atoms with E-state index in [-0.39, 0.29) is 41.8 Å². The summed E-state index contributed by atoms with van der Waals surface area (Å²) in [6, 6.07) is 13.6. The van der Waals surface area contributed by atoms with Crippen LogP contribution in [0.1, 0.15) is 31.9 Å². The first kappa shape index (κ1) is 27.0. The van der Waals surface area contributed by atoms with E-state index >= 15 is 0 Å². The van der Waals surface area contributed by atoms with Crippen LogP contribution in [0.3, 0.4) is 0 Å². The van der Waals surface area contributed by atoms with Gasteiger partial charge in [-0.05, 0) is 43.7 Å². The normalized spacial score (nSPS) is 13.5. The SMILES string of the molecule is CCC(CS(=O)(=O)c1ccccc1)NC(=NC)NC(C)c1cc(OC)ccc1OC.I. The zero-order valence-electron chi connectivity index (χ0n) is 18.6. The van der Waals surface area contributed by atoms with E-state index in [1.165, 1.54) is 0 Å². The average Bonchev–Trinajstić information content (AvgIpc) is 2.77. The molecule has 2 atom stereocenters. The van der Waals surface area contributed by atoms with E-state index in [9.17, 15) is 8.42 Å². The Hall–Kier alpha value is -2.01. The monoisotopic (exact) mass is 561 g/mol.